The molecule has 18 heavy (non-hydrogen) atoms. The fraction of sp³-hybridized carbons (Fsp3) is 0.231. The molecular formula is C13H14N2O3. The number of nitrogens with zero attached hydrogens (tertiary/aromatic N) is 2. The maximum absolute atomic E-state index is 11.6. The average molecular weight is 246 g/mol. The normalized spacial score (nSPS) is 10.3. The van der Waals surface area contributed by atoms with Crippen LogP contribution < -0.4 is 0 Å². The van der Waals surface area contributed by atoms with Gasteiger partial charge in [-0.3, -0.25) is 0 Å². The number of phenols is 1. The number of rotatable bonds is 3. The zero-order chi connectivity index (χ0) is 13.1. The molecule has 5 nitrogen and oxygen atoms in total. The molecule has 1 heterocycles. The van der Waals surface area contributed by atoms with Crippen molar-refractivity contribution < 1.29 is 14.6 Å². The molecule has 0 aliphatic heterocycles. The predicted molar refractivity (Wildman–Crippen MR) is 65.9 cm³/mol. The molecule has 1 aromatic heterocycles. The van der Waals surface area contributed by atoms with Crippen LogP contribution in [0.15, 0.2) is 30.5 Å². The standard InChI is InChI=1S/C13H14N2O3/c1-3-12-11(13(17)18-2)8-14-15(12)9-5-4-6-10(16)7-9/h4-8,16H,3H2,1-2H3. The minimum atomic E-state index is -0.404. The van der Waals surface area contributed by atoms with Crippen LogP contribution in [0.25, 0.3) is 5.69 Å². The maximum atomic E-state index is 11.6. The van der Waals surface area contributed by atoms with Crippen LogP contribution in [0.2, 0.25) is 0 Å². The molecule has 2 rings (SSSR count). The van der Waals surface area contributed by atoms with Gasteiger partial charge in [0.15, 0.2) is 0 Å². The molecule has 2 aromatic rings. The summed E-state index contributed by atoms with van der Waals surface area (Å²) in [6.07, 6.45) is 2.12. The Kier molecular flexibility index (Phi) is 3.32. The minimum Gasteiger partial charge on any atom is -0.508 e. The number of carbonyl (C=O) groups excluding carboxylic acids is 1. The van der Waals surface area contributed by atoms with Gasteiger partial charge in [-0.1, -0.05) is 13.0 Å². The lowest BCUT2D eigenvalue weighted by molar-refractivity contribution is 0.0599. The van der Waals surface area contributed by atoms with E-state index < -0.39 is 5.97 Å². The molecule has 0 aliphatic carbocycles. The van der Waals surface area contributed by atoms with Crippen LogP contribution in [0.5, 0.6) is 5.75 Å². The molecule has 1 N–H and O–H groups in total. The molecule has 5 heteroatoms. The topological polar surface area (TPSA) is 64.3 Å². The summed E-state index contributed by atoms with van der Waals surface area (Å²) in [5.41, 5.74) is 1.91. The van der Waals surface area contributed by atoms with Crippen LogP contribution >= 0.6 is 0 Å². The Hall–Kier alpha value is -2.30. The number of hydrogen-bond acceptors (Lipinski definition) is 4. The number of ether oxygens (including phenoxy) is 1. The van der Waals surface area contributed by atoms with Gasteiger partial charge in [0.1, 0.15) is 11.3 Å². The predicted octanol–water partition coefficient (Wildman–Crippen LogP) is 1.93. The highest BCUT2D eigenvalue weighted by Gasteiger charge is 2.17. The first-order valence-corrected chi connectivity index (χ1v) is 5.62. The van der Waals surface area contributed by atoms with Crippen molar-refractivity contribution in [1.29, 1.82) is 0 Å². The number of methoxy groups -OCH3 is 1. The lowest BCUT2D eigenvalue weighted by Crippen LogP contribution is -2.07. The second-order valence-electron chi connectivity index (χ2n) is 3.78. The van der Waals surface area contributed by atoms with E-state index in [0.29, 0.717) is 17.7 Å². The summed E-state index contributed by atoms with van der Waals surface area (Å²) in [5, 5.41) is 13.6. The Morgan fingerprint density at radius 2 is 2.28 bits per heavy atom. The molecule has 0 saturated heterocycles. The summed E-state index contributed by atoms with van der Waals surface area (Å²) in [6, 6.07) is 6.71. The minimum absolute atomic E-state index is 0.157. The first-order chi connectivity index (χ1) is 8.67. The first kappa shape index (κ1) is 12.2. The molecule has 1 aromatic carbocycles. The maximum Gasteiger partial charge on any atom is 0.341 e. The summed E-state index contributed by atoms with van der Waals surface area (Å²) in [7, 11) is 1.34. The van der Waals surface area contributed by atoms with E-state index in [4.69, 9.17) is 4.74 Å². The highest BCUT2D eigenvalue weighted by molar-refractivity contribution is 5.90. The second kappa shape index (κ2) is 4.91. The number of esters is 1. The van der Waals surface area contributed by atoms with Crippen molar-refractivity contribution in [2.75, 3.05) is 7.11 Å². The van der Waals surface area contributed by atoms with Gasteiger partial charge in [-0.2, -0.15) is 5.10 Å². The van der Waals surface area contributed by atoms with E-state index in [0.717, 1.165) is 5.69 Å². The molecule has 0 bridgehead atoms. The number of phenolic OH excluding ortho intramolecular Hbond substituents is 1. The molecule has 0 atom stereocenters. The molecule has 94 valence electrons. The van der Waals surface area contributed by atoms with Crippen LogP contribution in [0.1, 0.15) is 23.0 Å². The van der Waals surface area contributed by atoms with Gasteiger partial charge in [-0.15, -0.1) is 0 Å². The van der Waals surface area contributed by atoms with Gasteiger partial charge in [0.25, 0.3) is 0 Å². The molecule has 0 unspecified atom stereocenters. The van der Waals surface area contributed by atoms with Crippen LogP contribution in [0.3, 0.4) is 0 Å². The molecule has 0 spiro atoms. The van der Waals surface area contributed by atoms with Gasteiger partial charge in [-0.05, 0) is 18.6 Å². The third-order valence-electron chi connectivity index (χ3n) is 2.68. The molecule has 0 fully saturated rings. The van der Waals surface area contributed by atoms with E-state index in [-0.39, 0.29) is 5.75 Å². The van der Waals surface area contributed by atoms with Crippen molar-refractivity contribution in [3.05, 3.63) is 41.7 Å². The van der Waals surface area contributed by atoms with Crippen LogP contribution in [0, 0.1) is 0 Å². The van der Waals surface area contributed by atoms with Gasteiger partial charge in [0, 0.05) is 6.07 Å². The highest BCUT2D eigenvalue weighted by Crippen LogP contribution is 2.19. The van der Waals surface area contributed by atoms with E-state index in [1.807, 2.05) is 13.0 Å². The van der Waals surface area contributed by atoms with Crippen LogP contribution in [-0.2, 0) is 11.2 Å². The number of aromatic nitrogens is 2. The Morgan fingerprint density at radius 1 is 1.50 bits per heavy atom. The highest BCUT2D eigenvalue weighted by atomic mass is 16.5. The molecule has 0 radical (unpaired) electrons. The van der Waals surface area contributed by atoms with E-state index in [1.54, 1.807) is 22.9 Å². The summed E-state index contributed by atoms with van der Waals surface area (Å²) >= 11 is 0. The lowest BCUT2D eigenvalue weighted by Gasteiger charge is -2.07. The molecule has 0 amide bonds. The van der Waals surface area contributed by atoms with Crippen molar-refractivity contribution in [2.45, 2.75) is 13.3 Å². The third kappa shape index (κ3) is 2.07. The largest absolute Gasteiger partial charge is 0.508 e. The molecule has 0 aliphatic rings. The van der Waals surface area contributed by atoms with Crippen molar-refractivity contribution in [1.82, 2.24) is 9.78 Å². The molecule has 0 saturated carbocycles. The zero-order valence-electron chi connectivity index (χ0n) is 10.3. The molecular weight excluding hydrogens is 232 g/mol. The van der Waals surface area contributed by atoms with E-state index >= 15 is 0 Å². The van der Waals surface area contributed by atoms with Crippen molar-refractivity contribution in [2.24, 2.45) is 0 Å². The first-order valence-electron chi connectivity index (χ1n) is 5.62. The van der Waals surface area contributed by atoms with Crippen molar-refractivity contribution in [3.63, 3.8) is 0 Å². The lowest BCUT2D eigenvalue weighted by atomic mass is 10.2. The van der Waals surface area contributed by atoms with E-state index in [9.17, 15) is 9.90 Å². The van der Waals surface area contributed by atoms with Crippen LogP contribution in [0.4, 0.5) is 0 Å². The summed E-state index contributed by atoms with van der Waals surface area (Å²) in [4.78, 5) is 11.6. The van der Waals surface area contributed by atoms with E-state index in [2.05, 4.69) is 5.10 Å². The number of hydrogen-bond donors (Lipinski definition) is 1. The van der Waals surface area contributed by atoms with Gasteiger partial charge < -0.3 is 9.84 Å². The van der Waals surface area contributed by atoms with Gasteiger partial charge in [-0.25, -0.2) is 9.48 Å². The zero-order valence-corrected chi connectivity index (χ0v) is 10.3. The number of benzene rings is 1. The van der Waals surface area contributed by atoms with Gasteiger partial charge >= 0.3 is 5.97 Å². The smallest absolute Gasteiger partial charge is 0.341 e. The van der Waals surface area contributed by atoms with Crippen molar-refractivity contribution in [3.8, 4) is 11.4 Å². The summed E-state index contributed by atoms with van der Waals surface area (Å²) in [5.74, 6) is -0.247. The van der Waals surface area contributed by atoms with Gasteiger partial charge in [0.2, 0.25) is 0 Å². The second-order valence-corrected chi connectivity index (χ2v) is 3.78. The number of carbonyl (C=O) groups is 1. The van der Waals surface area contributed by atoms with Crippen molar-refractivity contribution >= 4 is 5.97 Å². The third-order valence-corrected chi connectivity index (χ3v) is 2.68. The monoisotopic (exact) mass is 246 g/mol. The Labute approximate surface area is 105 Å². The van der Waals surface area contributed by atoms with E-state index in [1.165, 1.54) is 13.3 Å². The number of aromatic hydroxyl groups is 1. The fourth-order valence-electron chi connectivity index (χ4n) is 1.84. The summed E-state index contributed by atoms with van der Waals surface area (Å²) in [6.45, 7) is 1.93. The fourth-order valence-corrected chi connectivity index (χ4v) is 1.84. The Morgan fingerprint density at radius 3 is 2.89 bits per heavy atom. The quantitative estimate of drug-likeness (QED) is 0.840. The Bertz CT molecular complexity index is 575. The SMILES string of the molecule is CCc1c(C(=O)OC)cnn1-c1cccc(O)c1. The van der Waals surface area contributed by atoms with Gasteiger partial charge in [0.05, 0.1) is 24.7 Å². The Balaban J connectivity index is 2.52. The van der Waals surface area contributed by atoms with Crippen LogP contribution in [-0.4, -0.2) is 28.0 Å². The average Bonchev–Trinajstić information content (AvgIpc) is 2.81. The summed E-state index contributed by atoms with van der Waals surface area (Å²) < 4.78 is 6.34.